The normalized spacial score (nSPS) is 12.3. The molecule has 0 aliphatic heterocycles. The molecule has 6 nitrogen and oxygen atoms in total. The highest BCUT2D eigenvalue weighted by atomic mass is 79.9. The summed E-state index contributed by atoms with van der Waals surface area (Å²) in [6.45, 7) is 4.27. The van der Waals surface area contributed by atoms with Gasteiger partial charge in [-0.1, -0.05) is 13.8 Å². The molecule has 1 rings (SSSR count). The number of methoxy groups -OCH3 is 2. The summed E-state index contributed by atoms with van der Waals surface area (Å²) in [6, 6.07) is 2.98. The van der Waals surface area contributed by atoms with Gasteiger partial charge in [0, 0.05) is 23.7 Å². The first kappa shape index (κ1) is 20.2. The summed E-state index contributed by atoms with van der Waals surface area (Å²) < 4.78 is 38.4. The maximum Gasteiger partial charge on any atom is 0.241 e. The quantitative estimate of drug-likeness (QED) is 0.654. The maximum absolute atomic E-state index is 12.6. The van der Waals surface area contributed by atoms with Crippen molar-refractivity contribution in [2.75, 3.05) is 27.4 Å². The van der Waals surface area contributed by atoms with E-state index in [1.54, 1.807) is 6.07 Å². The van der Waals surface area contributed by atoms with E-state index < -0.39 is 10.0 Å². The van der Waals surface area contributed by atoms with Crippen LogP contribution in [-0.2, 0) is 10.0 Å². The number of halogens is 1. The molecule has 0 atom stereocenters. The first-order valence-electron chi connectivity index (χ1n) is 7.19. The van der Waals surface area contributed by atoms with Crippen LogP contribution in [0.2, 0.25) is 0 Å². The molecule has 0 bridgehead atoms. The Labute approximate surface area is 146 Å². The van der Waals surface area contributed by atoms with Gasteiger partial charge in [0.15, 0.2) is 11.5 Å². The van der Waals surface area contributed by atoms with Crippen molar-refractivity contribution in [3.63, 3.8) is 0 Å². The Bertz CT molecular complexity index is 631. The molecule has 0 radical (unpaired) electrons. The lowest BCUT2D eigenvalue weighted by Crippen LogP contribution is -2.34. The fourth-order valence-electron chi connectivity index (χ4n) is 2.06. The standard InChI is InChI=1S/C15H24BrNO5S/c1-15(2,6-5-7-18)10-17-23(19,20)14-9-13(22-4)12(21-3)8-11(14)16/h8-9,17-18H,5-7,10H2,1-4H3. The number of aliphatic hydroxyl groups is 1. The van der Waals surface area contributed by atoms with Gasteiger partial charge in [-0.25, -0.2) is 13.1 Å². The molecule has 0 aromatic heterocycles. The number of hydrogen-bond acceptors (Lipinski definition) is 5. The van der Waals surface area contributed by atoms with Gasteiger partial charge < -0.3 is 14.6 Å². The van der Waals surface area contributed by atoms with E-state index in [0.29, 0.717) is 22.4 Å². The third kappa shape index (κ3) is 5.63. The van der Waals surface area contributed by atoms with Crippen molar-refractivity contribution in [3.05, 3.63) is 16.6 Å². The lowest BCUT2D eigenvalue weighted by atomic mass is 9.88. The van der Waals surface area contributed by atoms with Crippen LogP contribution in [-0.4, -0.2) is 40.9 Å². The minimum absolute atomic E-state index is 0.0908. The minimum atomic E-state index is -3.70. The summed E-state index contributed by atoms with van der Waals surface area (Å²) >= 11 is 3.26. The molecule has 0 aliphatic rings. The second-order valence-corrected chi connectivity index (χ2v) is 8.54. The van der Waals surface area contributed by atoms with Gasteiger partial charge >= 0.3 is 0 Å². The molecule has 132 valence electrons. The zero-order valence-electron chi connectivity index (χ0n) is 13.8. The topological polar surface area (TPSA) is 84.9 Å². The fourth-order valence-corrected chi connectivity index (χ4v) is 4.33. The van der Waals surface area contributed by atoms with Gasteiger partial charge in [-0.15, -0.1) is 0 Å². The monoisotopic (exact) mass is 409 g/mol. The number of benzene rings is 1. The Morgan fingerprint density at radius 1 is 1.22 bits per heavy atom. The number of rotatable bonds is 9. The van der Waals surface area contributed by atoms with Gasteiger partial charge in [0.1, 0.15) is 4.90 Å². The van der Waals surface area contributed by atoms with Crippen molar-refractivity contribution in [3.8, 4) is 11.5 Å². The molecule has 0 unspecified atom stereocenters. The van der Waals surface area contributed by atoms with Gasteiger partial charge in [-0.2, -0.15) is 0 Å². The van der Waals surface area contributed by atoms with Crippen LogP contribution in [0.25, 0.3) is 0 Å². The average Bonchev–Trinajstić information content (AvgIpc) is 2.50. The summed E-state index contributed by atoms with van der Waals surface area (Å²) in [6.07, 6.45) is 1.36. The third-order valence-electron chi connectivity index (χ3n) is 3.48. The molecule has 0 saturated carbocycles. The first-order chi connectivity index (χ1) is 10.7. The maximum atomic E-state index is 12.6. The van der Waals surface area contributed by atoms with E-state index in [4.69, 9.17) is 14.6 Å². The zero-order valence-corrected chi connectivity index (χ0v) is 16.3. The summed E-state index contributed by atoms with van der Waals surface area (Å²) in [5.41, 5.74) is -0.251. The number of sulfonamides is 1. The molecule has 0 saturated heterocycles. The van der Waals surface area contributed by atoms with E-state index in [1.807, 2.05) is 13.8 Å². The molecule has 8 heteroatoms. The van der Waals surface area contributed by atoms with Crippen LogP contribution in [0.3, 0.4) is 0 Å². The van der Waals surface area contributed by atoms with Crippen LogP contribution in [0, 0.1) is 5.41 Å². The molecule has 0 spiro atoms. The summed E-state index contributed by atoms with van der Waals surface area (Å²) in [7, 11) is -0.763. The Morgan fingerprint density at radius 3 is 2.30 bits per heavy atom. The molecule has 23 heavy (non-hydrogen) atoms. The lowest BCUT2D eigenvalue weighted by molar-refractivity contribution is 0.242. The lowest BCUT2D eigenvalue weighted by Gasteiger charge is -2.24. The molecule has 2 N–H and O–H groups in total. The number of hydrogen-bond donors (Lipinski definition) is 2. The Kier molecular flexibility index (Phi) is 7.31. The average molecular weight is 410 g/mol. The number of aliphatic hydroxyl groups excluding tert-OH is 1. The van der Waals surface area contributed by atoms with E-state index >= 15 is 0 Å². The molecule has 0 heterocycles. The van der Waals surface area contributed by atoms with Crippen LogP contribution in [0.1, 0.15) is 26.7 Å². The minimum Gasteiger partial charge on any atom is -0.493 e. The highest BCUT2D eigenvalue weighted by Crippen LogP contribution is 2.35. The summed E-state index contributed by atoms with van der Waals surface area (Å²) in [5, 5.41) is 8.91. The zero-order chi connectivity index (χ0) is 17.7. The van der Waals surface area contributed by atoms with E-state index in [-0.39, 0.29) is 23.5 Å². The molecule has 0 amide bonds. The highest BCUT2D eigenvalue weighted by molar-refractivity contribution is 9.10. The molecular formula is C15H24BrNO5S. The van der Waals surface area contributed by atoms with Crippen LogP contribution in [0.5, 0.6) is 11.5 Å². The van der Waals surface area contributed by atoms with Gasteiger partial charge in [-0.05, 0) is 40.3 Å². The van der Waals surface area contributed by atoms with Gasteiger partial charge in [0.25, 0.3) is 0 Å². The van der Waals surface area contributed by atoms with E-state index in [2.05, 4.69) is 20.7 Å². The van der Waals surface area contributed by atoms with Gasteiger partial charge in [0.05, 0.1) is 14.2 Å². The smallest absolute Gasteiger partial charge is 0.241 e. The van der Waals surface area contributed by atoms with E-state index in [9.17, 15) is 8.42 Å². The number of ether oxygens (including phenoxy) is 2. The largest absolute Gasteiger partial charge is 0.493 e. The van der Waals surface area contributed by atoms with Gasteiger partial charge in [0.2, 0.25) is 10.0 Å². The van der Waals surface area contributed by atoms with Crippen LogP contribution < -0.4 is 14.2 Å². The van der Waals surface area contributed by atoms with Crippen molar-refractivity contribution < 1.29 is 23.0 Å². The van der Waals surface area contributed by atoms with E-state index in [1.165, 1.54) is 20.3 Å². The molecule has 1 aromatic carbocycles. The van der Waals surface area contributed by atoms with Gasteiger partial charge in [-0.3, -0.25) is 0 Å². The Balaban J connectivity index is 3.00. The molecular weight excluding hydrogens is 386 g/mol. The Morgan fingerprint density at radius 2 is 1.78 bits per heavy atom. The summed E-state index contributed by atoms with van der Waals surface area (Å²) in [5.74, 6) is 0.789. The van der Waals surface area contributed by atoms with Crippen molar-refractivity contribution in [2.24, 2.45) is 5.41 Å². The molecule has 0 fully saturated rings. The van der Waals surface area contributed by atoms with Crippen LogP contribution in [0.4, 0.5) is 0 Å². The Hall–Kier alpha value is -0.830. The van der Waals surface area contributed by atoms with Crippen molar-refractivity contribution in [2.45, 2.75) is 31.6 Å². The molecule has 0 aliphatic carbocycles. The second-order valence-electron chi connectivity index (χ2n) is 5.95. The SMILES string of the molecule is COc1cc(Br)c(S(=O)(=O)NCC(C)(C)CCCO)cc1OC. The fraction of sp³-hybridized carbons (Fsp3) is 0.600. The highest BCUT2D eigenvalue weighted by Gasteiger charge is 2.25. The predicted molar refractivity (Wildman–Crippen MR) is 92.5 cm³/mol. The van der Waals surface area contributed by atoms with Crippen molar-refractivity contribution >= 4 is 26.0 Å². The third-order valence-corrected chi connectivity index (χ3v) is 5.84. The van der Waals surface area contributed by atoms with Crippen molar-refractivity contribution in [1.29, 1.82) is 0 Å². The first-order valence-corrected chi connectivity index (χ1v) is 9.46. The van der Waals surface area contributed by atoms with Crippen molar-refractivity contribution in [1.82, 2.24) is 4.72 Å². The second kappa shape index (κ2) is 8.32. The van der Waals surface area contributed by atoms with Crippen LogP contribution in [0.15, 0.2) is 21.5 Å². The summed E-state index contributed by atoms with van der Waals surface area (Å²) in [4.78, 5) is 0.0908. The van der Waals surface area contributed by atoms with Crippen LogP contribution >= 0.6 is 15.9 Å². The van der Waals surface area contributed by atoms with E-state index in [0.717, 1.165) is 6.42 Å². The predicted octanol–water partition coefficient (Wildman–Crippen LogP) is 2.54. The molecule has 1 aromatic rings. The number of nitrogens with one attached hydrogen (secondary N) is 1.